The van der Waals surface area contributed by atoms with Crippen LogP contribution in [0.25, 0.3) is 10.9 Å². The maximum absolute atomic E-state index is 5.52. The highest BCUT2D eigenvalue weighted by molar-refractivity contribution is 5.79. The summed E-state index contributed by atoms with van der Waals surface area (Å²) in [6.07, 6.45) is 4.45. The van der Waals surface area contributed by atoms with Crippen molar-refractivity contribution < 1.29 is 4.74 Å². The summed E-state index contributed by atoms with van der Waals surface area (Å²) in [6.45, 7) is 4.30. The molecule has 2 heteroatoms. The van der Waals surface area contributed by atoms with Crippen LogP contribution in [0.3, 0.4) is 0 Å². The van der Waals surface area contributed by atoms with Crippen molar-refractivity contribution in [3.8, 4) is 5.75 Å². The number of para-hydroxylation sites is 1. The Hall–Kier alpha value is -1.83. The molecule has 2 aromatic rings. The topological polar surface area (TPSA) is 22.1 Å². The average Bonchev–Trinajstić information content (AvgIpc) is 2.29. The van der Waals surface area contributed by atoms with Gasteiger partial charge in [-0.1, -0.05) is 24.3 Å². The van der Waals surface area contributed by atoms with Crippen LogP contribution in [0.1, 0.15) is 6.42 Å². The van der Waals surface area contributed by atoms with E-state index in [4.69, 9.17) is 4.74 Å². The molecule has 0 amide bonds. The summed E-state index contributed by atoms with van der Waals surface area (Å²) in [7, 11) is 0. The SMILES string of the molecule is C=CCCOc1cnc2ccccc2c1. The highest BCUT2D eigenvalue weighted by atomic mass is 16.5. The molecule has 1 aromatic carbocycles. The third kappa shape index (κ3) is 2.34. The molecule has 1 heterocycles. The molecule has 0 N–H and O–H groups in total. The van der Waals surface area contributed by atoms with Gasteiger partial charge in [0, 0.05) is 5.39 Å². The molecule has 0 aliphatic carbocycles. The van der Waals surface area contributed by atoms with Crippen molar-refractivity contribution >= 4 is 10.9 Å². The molecular weight excluding hydrogens is 186 g/mol. The molecule has 2 nitrogen and oxygen atoms in total. The van der Waals surface area contributed by atoms with E-state index in [0.717, 1.165) is 23.1 Å². The van der Waals surface area contributed by atoms with E-state index >= 15 is 0 Å². The molecule has 76 valence electrons. The third-order valence-corrected chi connectivity index (χ3v) is 2.16. The summed E-state index contributed by atoms with van der Waals surface area (Å²) in [5.41, 5.74) is 0.994. The van der Waals surface area contributed by atoms with Gasteiger partial charge >= 0.3 is 0 Å². The van der Waals surface area contributed by atoms with Crippen molar-refractivity contribution in [3.63, 3.8) is 0 Å². The summed E-state index contributed by atoms with van der Waals surface area (Å²) < 4.78 is 5.52. The minimum atomic E-state index is 0.656. The summed E-state index contributed by atoms with van der Waals surface area (Å²) in [5, 5.41) is 1.11. The van der Waals surface area contributed by atoms with E-state index in [0.29, 0.717) is 6.61 Å². The smallest absolute Gasteiger partial charge is 0.138 e. The van der Waals surface area contributed by atoms with Crippen LogP contribution in [0, 0.1) is 0 Å². The molecule has 0 bridgehead atoms. The molecule has 0 atom stereocenters. The summed E-state index contributed by atoms with van der Waals surface area (Å²) in [6, 6.07) is 10.0. The Bertz CT molecular complexity index is 465. The quantitative estimate of drug-likeness (QED) is 0.557. The van der Waals surface area contributed by atoms with Crippen LogP contribution in [0.4, 0.5) is 0 Å². The number of rotatable bonds is 4. The highest BCUT2D eigenvalue weighted by Gasteiger charge is 1.96. The molecule has 1 aromatic heterocycles. The fourth-order valence-electron chi connectivity index (χ4n) is 1.39. The lowest BCUT2D eigenvalue weighted by molar-refractivity contribution is 0.324. The molecule has 0 unspecified atom stereocenters. The summed E-state index contributed by atoms with van der Waals surface area (Å²) in [5.74, 6) is 0.815. The minimum Gasteiger partial charge on any atom is -0.492 e. The Labute approximate surface area is 89.2 Å². The lowest BCUT2D eigenvalue weighted by Gasteiger charge is -2.04. The number of fused-ring (bicyclic) bond motifs is 1. The van der Waals surface area contributed by atoms with Crippen molar-refractivity contribution in [2.75, 3.05) is 6.61 Å². The van der Waals surface area contributed by atoms with Crippen LogP contribution < -0.4 is 4.74 Å². The molecule has 2 rings (SSSR count). The highest BCUT2D eigenvalue weighted by Crippen LogP contribution is 2.17. The Morgan fingerprint density at radius 2 is 2.20 bits per heavy atom. The van der Waals surface area contributed by atoms with Gasteiger partial charge in [-0.05, 0) is 18.6 Å². The zero-order valence-corrected chi connectivity index (χ0v) is 8.52. The fraction of sp³-hybridized carbons (Fsp3) is 0.154. The van der Waals surface area contributed by atoms with Gasteiger partial charge in [-0.25, -0.2) is 0 Å². The number of benzene rings is 1. The van der Waals surface area contributed by atoms with E-state index in [1.54, 1.807) is 6.20 Å². The summed E-state index contributed by atoms with van der Waals surface area (Å²) in [4.78, 5) is 4.31. The largest absolute Gasteiger partial charge is 0.492 e. The molecular formula is C13H13NO. The first-order chi connectivity index (χ1) is 7.40. The third-order valence-electron chi connectivity index (χ3n) is 2.16. The number of ether oxygens (including phenoxy) is 1. The Kier molecular flexibility index (Phi) is 2.98. The first-order valence-corrected chi connectivity index (χ1v) is 4.98. The monoisotopic (exact) mass is 199 g/mol. The van der Waals surface area contributed by atoms with Gasteiger partial charge < -0.3 is 4.74 Å². The molecule has 0 aliphatic heterocycles. The molecule has 0 fully saturated rings. The predicted octanol–water partition coefficient (Wildman–Crippen LogP) is 3.19. The van der Waals surface area contributed by atoms with Crippen molar-refractivity contribution in [2.24, 2.45) is 0 Å². The van der Waals surface area contributed by atoms with E-state index in [2.05, 4.69) is 11.6 Å². The number of nitrogens with zero attached hydrogens (tertiary/aromatic N) is 1. The number of hydrogen-bond donors (Lipinski definition) is 0. The zero-order valence-electron chi connectivity index (χ0n) is 8.52. The standard InChI is InChI=1S/C13H13NO/c1-2-3-8-15-12-9-11-6-4-5-7-13(11)14-10-12/h2,4-7,9-10H,1,3,8H2. The van der Waals surface area contributed by atoms with Crippen LogP contribution in [0.2, 0.25) is 0 Å². The maximum atomic E-state index is 5.52. The lowest BCUT2D eigenvalue weighted by Crippen LogP contribution is -1.95. The maximum Gasteiger partial charge on any atom is 0.138 e. The van der Waals surface area contributed by atoms with Crippen LogP contribution in [-0.4, -0.2) is 11.6 Å². The molecule has 0 aliphatic rings. The van der Waals surface area contributed by atoms with Gasteiger partial charge in [-0.15, -0.1) is 6.58 Å². The van der Waals surface area contributed by atoms with Crippen molar-refractivity contribution in [3.05, 3.63) is 49.2 Å². The number of aromatic nitrogens is 1. The lowest BCUT2D eigenvalue weighted by atomic mass is 10.2. The Morgan fingerprint density at radius 1 is 1.33 bits per heavy atom. The van der Waals surface area contributed by atoms with Crippen molar-refractivity contribution in [1.29, 1.82) is 0 Å². The second-order valence-corrected chi connectivity index (χ2v) is 3.29. The van der Waals surface area contributed by atoms with Crippen LogP contribution in [-0.2, 0) is 0 Å². The van der Waals surface area contributed by atoms with Crippen molar-refractivity contribution in [2.45, 2.75) is 6.42 Å². The normalized spacial score (nSPS) is 10.1. The van der Waals surface area contributed by atoms with E-state index in [1.807, 2.05) is 36.4 Å². The van der Waals surface area contributed by atoms with Gasteiger partial charge in [-0.2, -0.15) is 0 Å². The second-order valence-electron chi connectivity index (χ2n) is 3.29. The fourth-order valence-corrected chi connectivity index (χ4v) is 1.39. The van der Waals surface area contributed by atoms with E-state index in [1.165, 1.54) is 0 Å². The van der Waals surface area contributed by atoms with E-state index in [9.17, 15) is 0 Å². The van der Waals surface area contributed by atoms with E-state index < -0.39 is 0 Å². The van der Waals surface area contributed by atoms with Crippen LogP contribution in [0.5, 0.6) is 5.75 Å². The van der Waals surface area contributed by atoms with Crippen molar-refractivity contribution in [1.82, 2.24) is 4.98 Å². The first-order valence-electron chi connectivity index (χ1n) is 4.98. The Balaban J connectivity index is 2.19. The molecule has 0 saturated carbocycles. The van der Waals surface area contributed by atoms with Gasteiger partial charge in [0.05, 0.1) is 18.3 Å². The average molecular weight is 199 g/mol. The number of pyridine rings is 1. The van der Waals surface area contributed by atoms with Gasteiger partial charge in [-0.3, -0.25) is 4.98 Å². The zero-order chi connectivity index (χ0) is 10.5. The Morgan fingerprint density at radius 3 is 3.07 bits per heavy atom. The van der Waals surface area contributed by atoms with Gasteiger partial charge in [0.2, 0.25) is 0 Å². The minimum absolute atomic E-state index is 0.656. The molecule has 0 spiro atoms. The summed E-state index contributed by atoms with van der Waals surface area (Å²) >= 11 is 0. The van der Waals surface area contributed by atoms with Gasteiger partial charge in [0.25, 0.3) is 0 Å². The van der Waals surface area contributed by atoms with Gasteiger partial charge in [0.1, 0.15) is 5.75 Å². The van der Waals surface area contributed by atoms with E-state index in [-0.39, 0.29) is 0 Å². The molecule has 15 heavy (non-hydrogen) atoms. The first kappa shape index (κ1) is 9.71. The molecule has 0 radical (unpaired) electrons. The van der Waals surface area contributed by atoms with Gasteiger partial charge in [0.15, 0.2) is 0 Å². The second kappa shape index (κ2) is 4.60. The van der Waals surface area contributed by atoms with Crippen LogP contribution >= 0.6 is 0 Å². The van der Waals surface area contributed by atoms with Crippen LogP contribution in [0.15, 0.2) is 49.2 Å². The molecule has 0 saturated heterocycles. The number of hydrogen-bond acceptors (Lipinski definition) is 2. The predicted molar refractivity (Wildman–Crippen MR) is 62.1 cm³/mol.